The Labute approximate surface area is 139 Å². The number of H-pyrrole nitrogens is 1. The van der Waals surface area contributed by atoms with E-state index in [0.717, 1.165) is 22.3 Å². The van der Waals surface area contributed by atoms with Crippen LogP contribution >= 0.6 is 0 Å². The van der Waals surface area contributed by atoms with Gasteiger partial charge in [-0.25, -0.2) is 4.98 Å². The number of carbonyl (C=O) groups is 1. The van der Waals surface area contributed by atoms with Gasteiger partial charge in [0.15, 0.2) is 0 Å². The van der Waals surface area contributed by atoms with Crippen molar-refractivity contribution >= 4 is 16.7 Å². The van der Waals surface area contributed by atoms with Crippen molar-refractivity contribution in [1.82, 2.24) is 19.9 Å². The molecule has 0 radical (unpaired) electrons. The van der Waals surface area contributed by atoms with Gasteiger partial charge >= 0.3 is 0 Å². The molecule has 3 aromatic rings. The molecule has 2 aromatic heterocycles. The third-order valence-electron chi connectivity index (χ3n) is 4.30. The molecule has 122 valence electrons. The maximum atomic E-state index is 13.2. The van der Waals surface area contributed by atoms with E-state index in [2.05, 4.69) is 15.0 Å². The predicted octanol–water partition coefficient (Wildman–Crippen LogP) is 2.48. The number of morpholine rings is 1. The van der Waals surface area contributed by atoms with Gasteiger partial charge in [0.2, 0.25) is 0 Å². The van der Waals surface area contributed by atoms with Crippen molar-refractivity contribution in [3.05, 3.63) is 59.9 Å². The molecule has 0 bridgehead atoms. The smallest absolute Gasteiger partial charge is 0.273 e. The molecule has 6 nitrogen and oxygen atoms in total. The zero-order chi connectivity index (χ0) is 16.5. The predicted molar refractivity (Wildman–Crippen MR) is 89.7 cm³/mol. The van der Waals surface area contributed by atoms with Crippen LogP contribution in [0.5, 0.6) is 0 Å². The first-order chi connectivity index (χ1) is 11.7. The van der Waals surface area contributed by atoms with Crippen LogP contribution in [0.15, 0.2) is 42.7 Å². The summed E-state index contributed by atoms with van der Waals surface area (Å²) in [5.41, 5.74) is 1.44. The molecule has 3 heterocycles. The minimum atomic E-state index is -0.222. The Bertz CT molecular complexity index is 884. The van der Waals surface area contributed by atoms with E-state index in [1.54, 1.807) is 17.3 Å². The van der Waals surface area contributed by atoms with Gasteiger partial charge in [-0.1, -0.05) is 24.3 Å². The van der Waals surface area contributed by atoms with Gasteiger partial charge in [-0.15, -0.1) is 0 Å². The molecule has 1 N–H and O–H groups in total. The highest BCUT2D eigenvalue weighted by molar-refractivity contribution is 6.05. The van der Waals surface area contributed by atoms with E-state index in [1.807, 2.05) is 37.3 Å². The van der Waals surface area contributed by atoms with Crippen LogP contribution in [0.4, 0.5) is 0 Å². The number of ether oxygens (including phenoxy) is 1. The summed E-state index contributed by atoms with van der Waals surface area (Å²) in [7, 11) is 0. The van der Waals surface area contributed by atoms with Crippen molar-refractivity contribution in [3.8, 4) is 0 Å². The minimum Gasteiger partial charge on any atom is -0.377 e. The minimum absolute atomic E-state index is 0.0887. The Morgan fingerprint density at radius 2 is 2.17 bits per heavy atom. The Kier molecular flexibility index (Phi) is 3.74. The van der Waals surface area contributed by atoms with E-state index >= 15 is 0 Å². The lowest BCUT2D eigenvalue weighted by atomic mass is 10.1. The van der Waals surface area contributed by atoms with E-state index < -0.39 is 0 Å². The van der Waals surface area contributed by atoms with Gasteiger partial charge < -0.3 is 14.6 Å². The van der Waals surface area contributed by atoms with E-state index in [-0.39, 0.29) is 11.9 Å². The fraction of sp³-hybridized carbons (Fsp3) is 0.278. The fourth-order valence-electron chi connectivity index (χ4n) is 3.10. The van der Waals surface area contributed by atoms with Crippen LogP contribution in [0.2, 0.25) is 0 Å². The molecule has 24 heavy (non-hydrogen) atoms. The molecule has 4 rings (SSSR count). The highest BCUT2D eigenvalue weighted by Gasteiger charge is 2.32. The SMILES string of the molecule is Cc1cnc([C@@H]2COCCN2C(=O)c2nccc3ccccc23)[nH]1. The first-order valence-corrected chi connectivity index (χ1v) is 7.98. The second kappa shape index (κ2) is 6.05. The zero-order valence-corrected chi connectivity index (χ0v) is 13.4. The van der Waals surface area contributed by atoms with Crippen LogP contribution in [0.3, 0.4) is 0 Å². The average Bonchev–Trinajstić information content (AvgIpc) is 3.07. The summed E-state index contributed by atoms with van der Waals surface area (Å²) in [5, 5.41) is 1.88. The number of rotatable bonds is 2. The largest absolute Gasteiger partial charge is 0.377 e. The Hall–Kier alpha value is -2.73. The Morgan fingerprint density at radius 1 is 1.29 bits per heavy atom. The van der Waals surface area contributed by atoms with Crippen LogP contribution in [-0.4, -0.2) is 45.5 Å². The summed E-state index contributed by atoms with van der Waals surface area (Å²) in [5.74, 6) is 0.662. The highest BCUT2D eigenvalue weighted by Crippen LogP contribution is 2.26. The molecular formula is C18H18N4O2. The molecule has 1 aliphatic heterocycles. The molecule has 1 aliphatic rings. The first-order valence-electron chi connectivity index (χ1n) is 7.98. The van der Waals surface area contributed by atoms with Gasteiger partial charge in [0, 0.05) is 30.0 Å². The summed E-state index contributed by atoms with van der Waals surface area (Å²) >= 11 is 0. The van der Waals surface area contributed by atoms with Crippen molar-refractivity contribution in [2.45, 2.75) is 13.0 Å². The van der Waals surface area contributed by atoms with Crippen molar-refractivity contribution in [1.29, 1.82) is 0 Å². The molecule has 1 amide bonds. The summed E-state index contributed by atoms with van der Waals surface area (Å²) < 4.78 is 5.58. The van der Waals surface area contributed by atoms with E-state index in [4.69, 9.17) is 4.74 Å². The Morgan fingerprint density at radius 3 is 3.00 bits per heavy atom. The highest BCUT2D eigenvalue weighted by atomic mass is 16.5. The number of aryl methyl sites for hydroxylation is 1. The molecule has 1 fully saturated rings. The van der Waals surface area contributed by atoms with Crippen LogP contribution < -0.4 is 0 Å². The number of nitrogens with zero attached hydrogens (tertiary/aromatic N) is 3. The van der Waals surface area contributed by atoms with E-state index in [0.29, 0.717) is 25.5 Å². The number of fused-ring (bicyclic) bond motifs is 1. The fourth-order valence-corrected chi connectivity index (χ4v) is 3.10. The molecule has 0 aliphatic carbocycles. The first kappa shape index (κ1) is 14.8. The molecule has 0 saturated carbocycles. The van der Waals surface area contributed by atoms with Gasteiger partial charge in [0.25, 0.3) is 5.91 Å². The number of benzene rings is 1. The number of amides is 1. The van der Waals surface area contributed by atoms with Crippen molar-refractivity contribution in [2.75, 3.05) is 19.8 Å². The van der Waals surface area contributed by atoms with Gasteiger partial charge in [0.05, 0.1) is 13.2 Å². The number of nitrogens with one attached hydrogen (secondary N) is 1. The van der Waals surface area contributed by atoms with E-state index in [1.165, 1.54) is 0 Å². The van der Waals surface area contributed by atoms with Crippen LogP contribution in [0.25, 0.3) is 10.8 Å². The number of imidazole rings is 1. The van der Waals surface area contributed by atoms with Gasteiger partial charge in [-0.05, 0) is 18.4 Å². The maximum absolute atomic E-state index is 13.2. The lowest BCUT2D eigenvalue weighted by molar-refractivity contribution is -0.00519. The lowest BCUT2D eigenvalue weighted by Gasteiger charge is -2.34. The third kappa shape index (κ3) is 2.55. The van der Waals surface area contributed by atoms with Gasteiger partial charge in [0.1, 0.15) is 17.6 Å². The number of hydrogen-bond donors (Lipinski definition) is 1. The van der Waals surface area contributed by atoms with Crippen molar-refractivity contribution < 1.29 is 9.53 Å². The van der Waals surface area contributed by atoms with Crippen LogP contribution in [0, 0.1) is 6.92 Å². The molecule has 1 atom stereocenters. The number of carbonyl (C=O) groups excluding carboxylic acids is 1. The average molecular weight is 322 g/mol. The van der Waals surface area contributed by atoms with Crippen LogP contribution in [-0.2, 0) is 4.74 Å². The second-order valence-electron chi connectivity index (χ2n) is 5.92. The van der Waals surface area contributed by atoms with Crippen LogP contribution in [0.1, 0.15) is 28.0 Å². The summed E-state index contributed by atoms with van der Waals surface area (Å²) in [6.45, 7) is 3.42. The van der Waals surface area contributed by atoms with Gasteiger partial charge in [-0.2, -0.15) is 0 Å². The molecular weight excluding hydrogens is 304 g/mol. The standard InChI is InChI=1S/C18H18N4O2/c1-12-10-20-17(21-12)15-11-24-9-8-22(15)18(23)16-14-5-3-2-4-13(14)6-7-19-16/h2-7,10,15H,8-9,11H2,1H3,(H,20,21)/t15-/m0/s1. The normalized spacial score (nSPS) is 18.0. The molecule has 0 unspecified atom stereocenters. The summed E-state index contributed by atoms with van der Waals surface area (Å²) in [6.07, 6.45) is 3.45. The molecule has 1 saturated heterocycles. The summed E-state index contributed by atoms with van der Waals surface area (Å²) in [6, 6.07) is 9.50. The Balaban J connectivity index is 1.73. The number of hydrogen-bond acceptors (Lipinski definition) is 4. The third-order valence-corrected chi connectivity index (χ3v) is 4.30. The topological polar surface area (TPSA) is 71.1 Å². The summed E-state index contributed by atoms with van der Waals surface area (Å²) in [4.78, 5) is 26.9. The van der Waals surface area contributed by atoms with E-state index in [9.17, 15) is 4.79 Å². The quantitative estimate of drug-likeness (QED) is 0.787. The maximum Gasteiger partial charge on any atom is 0.273 e. The molecule has 0 spiro atoms. The number of aromatic nitrogens is 3. The number of aromatic amines is 1. The lowest BCUT2D eigenvalue weighted by Crippen LogP contribution is -2.44. The monoisotopic (exact) mass is 322 g/mol. The van der Waals surface area contributed by atoms with Gasteiger partial charge in [-0.3, -0.25) is 9.78 Å². The molecule has 1 aromatic carbocycles. The zero-order valence-electron chi connectivity index (χ0n) is 13.4. The van der Waals surface area contributed by atoms with Crippen molar-refractivity contribution in [3.63, 3.8) is 0 Å². The molecule has 6 heteroatoms. The number of pyridine rings is 1. The second-order valence-corrected chi connectivity index (χ2v) is 5.92. The van der Waals surface area contributed by atoms with Crippen molar-refractivity contribution in [2.24, 2.45) is 0 Å².